The highest BCUT2D eigenvalue weighted by atomic mass is 31.2. The summed E-state index contributed by atoms with van der Waals surface area (Å²) >= 11 is 0. The van der Waals surface area contributed by atoms with Gasteiger partial charge in [-0.2, -0.15) is 0 Å². The van der Waals surface area contributed by atoms with Crippen LogP contribution in [0, 0.1) is 0 Å². The number of amides is 1. The van der Waals surface area contributed by atoms with Crippen LogP contribution in [0.15, 0.2) is 48.6 Å². The van der Waals surface area contributed by atoms with Gasteiger partial charge < -0.3 is 28.8 Å². The van der Waals surface area contributed by atoms with Crippen LogP contribution in [0.1, 0.15) is 341 Å². The van der Waals surface area contributed by atoms with Crippen molar-refractivity contribution >= 4 is 13.7 Å². The molecule has 9 heteroatoms. The van der Waals surface area contributed by atoms with Gasteiger partial charge in [0, 0.05) is 6.42 Å². The minimum atomic E-state index is -4.61. The Kier molecular flexibility index (Phi) is 59.8. The van der Waals surface area contributed by atoms with Crippen molar-refractivity contribution in [1.82, 2.24) is 5.32 Å². The Balaban J connectivity index is 4.05. The Labute approximate surface area is 492 Å². The summed E-state index contributed by atoms with van der Waals surface area (Å²) in [6.07, 6.45) is 82.4. The summed E-state index contributed by atoms with van der Waals surface area (Å²) < 4.78 is 23.4. The van der Waals surface area contributed by atoms with E-state index in [9.17, 15) is 19.4 Å². The quantitative estimate of drug-likeness (QED) is 0.0272. The summed E-state index contributed by atoms with van der Waals surface area (Å²) in [4.78, 5) is 25.6. The molecule has 466 valence electrons. The predicted octanol–water partition coefficient (Wildman–Crippen LogP) is 21.2. The molecule has 3 atom stereocenters. The summed E-state index contributed by atoms with van der Waals surface area (Å²) in [5.41, 5.74) is 0. The van der Waals surface area contributed by atoms with Crippen molar-refractivity contribution < 1.29 is 32.9 Å². The lowest BCUT2D eigenvalue weighted by Gasteiger charge is -2.29. The van der Waals surface area contributed by atoms with Crippen LogP contribution in [0.2, 0.25) is 0 Å². The van der Waals surface area contributed by atoms with Crippen molar-refractivity contribution in [1.29, 1.82) is 0 Å². The molecule has 0 aliphatic rings. The van der Waals surface area contributed by atoms with Crippen molar-refractivity contribution in [2.75, 3.05) is 40.9 Å². The summed E-state index contributed by atoms with van der Waals surface area (Å²) in [6.45, 7) is 4.67. The van der Waals surface area contributed by atoms with E-state index >= 15 is 0 Å². The number of quaternary nitrogens is 1. The molecule has 0 radical (unpaired) electrons. The van der Waals surface area contributed by atoms with Gasteiger partial charge in [0.05, 0.1) is 39.9 Å². The first-order valence-corrected chi connectivity index (χ1v) is 36.0. The zero-order valence-corrected chi connectivity index (χ0v) is 54.2. The SMILES string of the molecule is CCCCCCCCCCCCCC/C=C/CC/C=C/CC/C=C/C(O)C(COP(=O)([O-])OCC[N+](C)(C)C)NC(=O)CCCCCCCCCCCCCCCCCCC/C=C\CCCCCCCCCCCCCCCC. The van der Waals surface area contributed by atoms with E-state index < -0.39 is 26.6 Å². The largest absolute Gasteiger partial charge is 0.756 e. The van der Waals surface area contributed by atoms with E-state index in [2.05, 4.69) is 55.6 Å². The van der Waals surface area contributed by atoms with Crippen LogP contribution in [-0.4, -0.2) is 68.5 Å². The van der Waals surface area contributed by atoms with E-state index in [1.807, 2.05) is 27.2 Å². The maximum Gasteiger partial charge on any atom is 0.268 e. The Morgan fingerprint density at radius 1 is 0.430 bits per heavy atom. The molecule has 0 aromatic carbocycles. The van der Waals surface area contributed by atoms with Crippen molar-refractivity contribution in [3.63, 3.8) is 0 Å². The number of aliphatic hydroxyl groups is 1. The number of rotatable bonds is 64. The highest BCUT2D eigenvalue weighted by molar-refractivity contribution is 7.45. The number of nitrogens with one attached hydrogen (secondary N) is 1. The average molecular weight is 1130 g/mol. The minimum Gasteiger partial charge on any atom is -0.756 e. The predicted molar refractivity (Wildman–Crippen MR) is 344 cm³/mol. The number of hydrogen-bond donors (Lipinski definition) is 2. The third kappa shape index (κ3) is 63.9. The lowest BCUT2D eigenvalue weighted by Crippen LogP contribution is -2.45. The molecule has 0 saturated carbocycles. The fourth-order valence-corrected chi connectivity index (χ4v) is 11.1. The normalized spacial score (nSPS) is 14.0. The van der Waals surface area contributed by atoms with Gasteiger partial charge >= 0.3 is 0 Å². The summed E-state index contributed by atoms with van der Waals surface area (Å²) in [6, 6.07) is -0.911. The van der Waals surface area contributed by atoms with E-state index in [0.717, 1.165) is 44.9 Å². The number of likely N-dealkylation sites (N-methyl/N-ethyl adjacent to an activating group) is 1. The van der Waals surface area contributed by atoms with E-state index in [0.29, 0.717) is 17.4 Å². The fraction of sp³-hybridized carbons (Fsp3) is 0.871. The Bertz CT molecular complexity index is 1430. The van der Waals surface area contributed by atoms with E-state index in [4.69, 9.17) is 9.05 Å². The molecule has 0 fully saturated rings. The topological polar surface area (TPSA) is 108 Å². The maximum absolute atomic E-state index is 13.0. The molecule has 3 unspecified atom stereocenters. The molecule has 0 heterocycles. The average Bonchev–Trinajstić information content (AvgIpc) is 3.42. The first-order chi connectivity index (χ1) is 38.5. The van der Waals surface area contributed by atoms with Crippen molar-refractivity contribution in [2.24, 2.45) is 0 Å². The number of hydrogen-bond acceptors (Lipinski definition) is 6. The van der Waals surface area contributed by atoms with Crippen LogP contribution in [0.5, 0.6) is 0 Å². The van der Waals surface area contributed by atoms with Gasteiger partial charge in [0.2, 0.25) is 5.91 Å². The molecule has 2 N–H and O–H groups in total. The van der Waals surface area contributed by atoms with Gasteiger partial charge in [-0.15, -0.1) is 0 Å². The van der Waals surface area contributed by atoms with Gasteiger partial charge in [0.1, 0.15) is 13.2 Å². The van der Waals surface area contributed by atoms with Crippen LogP contribution < -0.4 is 10.2 Å². The molecule has 0 aliphatic carbocycles. The van der Waals surface area contributed by atoms with Gasteiger partial charge in [-0.3, -0.25) is 9.36 Å². The highest BCUT2D eigenvalue weighted by Gasteiger charge is 2.23. The number of phosphoric ester groups is 1. The smallest absolute Gasteiger partial charge is 0.268 e. The molecule has 0 aromatic heterocycles. The first-order valence-electron chi connectivity index (χ1n) is 34.5. The maximum atomic E-state index is 13.0. The molecule has 0 bridgehead atoms. The molecule has 8 nitrogen and oxygen atoms in total. The summed E-state index contributed by atoms with van der Waals surface area (Å²) in [7, 11) is 1.25. The molecule has 79 heavy (non-hydrogen) atoms. The van der Waals surface area contributed by atoms with Crippen molar-refractivity contribution in [3.05, 3.63) is 48.6 Å². The molecule has 1 amide bonds. The highest BCUT2D eigenvalue weighted by Crippen LogP contribution is 2.38. The number of allylic oxidation sites excluding steroid dienone is 7. The van der Waals surface area contributed by atoms with Crippen LogP contribution in [0.3, 0.4) is 0 Å². The lowest BCUT2D eigenvalue weighted by molar-refractivity contribution is -0.870. The van der Waals surface area contributed by atoms with Gasteiger partial charge in [0.15, 0.2) is 0 Å². The number of aliphatic hydroxyl groups excluding tert-OH is 1. The first kappa shape index (κ1) is 77.5. The monoisotopic (exact) mass is 1130 g/mol. The van der Waals surface area contributed by atoms with Gasteiger partial charge in [-0.25, -0.2) is 0 Å². The molecule has 0 aromatic rings. The van der Waals surface area contributed by atoms with E-state index in [1.165, 1.54) is 276 Å². The third-order valence-corrected chi connectivity index (χ3v) is 16.7. The van der Waals surface area contributed by atoms with Crippen molar-refractivity contribution in [3.8, 4) is 0 Å². The third-order valence-electron chi connectivity index (χ3n) is 15.7. The number of nitrogens with zero attached hydrogens (tertiary/aromatic N) is 1. The second kappa shape index (κ2) is 61.0. The van der Waals surface area contributed by atoms with E-state index in [-0.39, 0.29) is 12.5 Å². The molecule has 0 aliphatic heterocycles. The molecule has 0 spiro atoms. The van der Waals surface area contributed by atoms with Crippen LogP contribution in [-0.2, 0) is 18.4 Å². The van der Waals surface area contributed by atoms with Gasteiger partial charge in [-0.05, 0) is 70.6 Å². The minimum absolute atomic E-state index is 0.00838. The molecular weight excluding hydrogens is 996 g/mol. The number of carbonyl (C=O) groups excluding carboxylic acids is 1. The Morgan fingerprint density at radius 2 is 0.709 bits per heavy atom. The number of carbonyl (C=O) groups is 1. The summed E-state index contributed by atoms with van der Waals surface area (Å²) in [5, 5.41) is 13.9. The molecule has 0 rings (SSSR count). The number of phosphoric acid groups is 1. The van der Waals surface area contributed by atoms with Crippen LogP contribution in [0.4, 0.5) is 0 Å². The Hall–Kier alpha value is -1.54. The second-order valence-corrected chi connectivity index (χ2v) is 26.3. The Morgan fingerprint density at radius 3 is 1.03 bits per heavy atom. The van der Waals surface area contributed by atoms with E-state index in [1.54, 1.807) is 6.08 Å². The fourth-order valence-electron chi connectivity index (χ4n) is 10.4. The lowest BCUT2D eigenvalue weighted by atomic mass is 10.0. The standard InChI is InChI=1S/C70H135N2O6P/c1-6-8-10-12-14-16-18-20-22-24-26-28-30-31-32-33-34-35-36-37-38-39-40-41-42-44-46-48-50-52-54-56-58-60-62-64-70(74)71-68(67-78-79(75,76)77-66-65-72(3,4)5)69(73)63-61-59-57-55-53-51-49-47-45-43-29-27-25-23-21-19-17-15-13-11-9-7-2/h33-34,45,47,53,55,61,63,68-69,73H,6-32,35-44,46,48-52,54,56-60,62,64-67H2,1-5H3,(H-,71,74,75,76)/b34-33-,47-45+,55-53+,63-61+. The van der Waals surface area contributed by atoms with Gasteiger partial charge in [-0.1, -0.05) is 313 Å². The number of unbranched alkanes of at least 4 members (excludes halogenated alkanes) is 45. The summed E-state index contributed by atoms with van der Waals surface area (Å²) in [5.74, 6) is -0.206. The zero-order valence-electron chi connectivity index (χ0n) is 53.3. The zero-order chi connectivity index (χ0) is 57.7. The molecular formula is C70H135N2O6P. The van der Waals surface area contributed by atoms with Crippen LogP contribution in [0.25, 0.3) is 0 Å². The van der Waals surface area contributed by atoms with Crippen molar-refractivity contribution in [2.45, 2.75) is 353 Å². The van der Waals surface area contributed by atoms with Crippen LogP contribution >= 0.6 is 7.82 Å². The molecule has 0 saturated heterocycles. The van der Waals surface area contributed by atoms with Gasteiger partial charge in [0.25, 0.3) is 7.82 Å². The second-order valence-electron chi connectivity index (χ2n) is 24.9.